The molecule has 0 radical (unpaired) electrons. The van der Waals surface area contributed by atoms with Gasteiger partial charge in [0.2, 0.25) is 5.91 Å². The van der Waals surface area contributed by atoms with E-state index in [0.29, 0.717) is 18.5 Å². The Bertz CT molecular complexity index is 675. The lowest BCUT2D eigenvalue weighted by Gasteiger charge is -2.32. The summed E-state index contributed by atoms with van der Waals surface area (Å²) in [6.07, 6.45) is 0.771. The lowest BCUT2D eigenvalue weighted by molar-refractivity contribution is -0.123. The van der Waals surface area contributed by atoms with Gasteiger partial charge in [-0.3, -0.25) is 9.69 Å². The fraction of sp³-hybridized carbons (Fsp3) is 0.556. The number of likely N-dealkylation sites (N-methyl/N-ethyl adjacent to an activating group) is 1. The van der Waals surface area contributed by atoms with Crippen LogP contribution in [0.25, 0.3) is 0 Å². The van der Waals surface area contributed by atoms with Crippen molar-refractivity contribution in [1.29, 1.82) is 0 Å². The molecular formula is C18H24ClFN2O3. The van der Waals surface area contributed by atoms with Crippen LogP contribution in [0.5, 0.6) is 0 Å². The van der Waals surface area contributed by atoms with Crippen molar-refractivity contribution in [2.75, 3.05) is 11.9 Å². The predicted molar refractivity (Wildman–Crippen MR) is 95.4 cm³/mol. The van der Waals surface area contributed by atoms with Gasteiger partial charge < -0.3 is 9.64 Å². The molecule has 5 nitrogen and oxygen atoms in total. The van der Waals surface area contributed by atoms with Crippen LogP contribution in [0.2, 0.25) is 5.02 Å². The van der Waals surface area contributed by atoms with Crippen LogP contribution in [0.15, 0.2) is 18.2 Å². The van der Waals surface area contributed by atoms with Gasteiger partial charge in [0.25, 0.3) is 0 Å². The van der Waals surface area contributed by atoms with Gasteiger partial charge in [0, 0.05) is 18.8 Å². The molecule has 0 aromatic heterocycles. The molecule has 1 heterocycles. The first kappa shape index (κ1) is 19.5. The molecule has 0 saturated carbocycles. The molecule has 0 N–H and O–H groups in total. The van der Waals surface area contributed by atoms with Crippen LogP contribution < -0.4 is 4.90 Å². The zero-order valence-corrected chi connectivity index (χ0v) is 15.9. The molecule has 0 bridgehead atoms. The largest absolute Gasteiger partial charge is 0.444 e. The minimum atomic E-state index is -0.636. The summed E-state index contributed by atoms with van der Waals surface area (Å²) in [5.41, 5.74) is -0.163. The highest BCUT2D eigenvalue weighted by atomic mass is 35.5. The first-order chi connectivity index (χ1) is 11.5. The van der Waals surface area contributed by atoms with Gasteiger partial charge in [0.15, 0.2) is 0 Å². The molecule has 1 saturated heterocycles. The molecule has 0 aliphatic carbocycles. The minimum absolute atomic E-state index is 0.0547. The van der Waals surface area contributed by atoms with E-state index in [1.165, 1.54) is 28.0 Å². The van der Waals surface area contributed by atoms with Crippen molar-refractivity contribution < 1.29 is 18.7 Å². The molecule has 1 aliphatic heterocycles. The third-order valence-electron chi connectivity index (χ3n) is 4.18. The summed E-state index contributed by atoms with van der Waals surface area (Å²) in [7, 11) is 1.59. The normalized spacial score (nSPS) is 20.5. The summed E-state index contributed by atoms with van der Waals surface area (Å²) < 4.78 is 18.8. The van der Waals surface area contributed by atoms with Gasteiger partial charge >= 0.3 is 6.09 Å². The Morgan fingerprint density at radius 2 is 1.96 bits per heavy atom. The number of benzene rings is 1. The number of hydrogen-bond donors (Lipinski definition) is 0. The molecule has 1 aromatic carbocycles. The highest BCUT2D eigenvalue weighted by molar-refractivity contribution is 6.31. The SMILES string of the molecule is C[C@@H]1CC[C@H](C(=O)N(C)c2ccc(F)c(Cl)c2)N1C(=O)OC(C)(C)C. The van der Waals surface area contributed by atoms with Crippen molar-refractivity contribution in [2.24, 2.45) is 0 Å². The molecule has 2 atom stereocenters. The summed E-state index contributed by atoms with van der Waals surface area (Å²) in [6.45, 7) is 7.26. The van der Waals surface area contributed by atoms with E-state index in [9.17, 15) is 14.0 Å². The Morgan fingerprint density at radius 1 is 1.32 bits per heavy atom. The lowest BCUT2D eigenvalue weighted by atomic mass is 10.1. The molecule has 138 valence electrons. The van der Waals surface area contributed by atoms with Gasteiger partial charge in [0.1, 0.15) is 17.5 Å². The van der Waals surface area contributed by atoms with Crippen molar-refractivity contribution in [3.63, 3.8) is 0 Å². The Kier molecular flexibility index (Phi) is 5.62. The van der Waals surface area contributed by atoms with Crippen LogP contribution in [-0.2, 0) is 9.53 Å². The average Bonchev–Trinajstić information content (AvgIpc) is 2.88. The molecular weight excluding hydrogens is 347 g/mol. The molecule has 2 amide bonds. The second-order valence-electron chi connectivity index (χ2n) is 7.33. The maximum atomic E-state index is 13.3. The van der Waals surface area contributed by atoms with E-state index in [2.05, 4.69) is 0 Å². The maximum Gasteiger partial charge on any atom is 0.411 e. The average molecular weight is 371 g/mol. The van der Waals surface area contributed by atoms with Crippen molar-refractivity contribution in [1.82, 2.24) is 4.90 Å². The van der Waals surface area contributed by atoms with Crippen molar-refractivity contribution in [2.45, 2.75) is 58.2 Å². The van der Waals surface area contributed by atoms with E-state index in [-0.39, 0.29) is 17.0 Å². The number of carbonyl (C=O) groups excluding carboxylic acids is 2. The first-order valence-corrected chi connectivity index (χ1v) is 8.63. The van der Waals surface area contributed by atoms with Crippen LogP contribution in [0.1, 0.15) is 40.5 Å². The number of hydrogen-bond acceptors (Lipinski definition) is 3. The van der Waals surface area contributed by atoms with Crippen LogP contribution in [-0.4, -0.2) is 41.6 Å². The maximum absolute atomic E-state index is 13.3. The standard InChI is InChI=1S/C18H24ClFN2O3/c1-11-6-9-15(22(11)17(24)25-18(2,3)4)16(23)21(5)12-7-8-14(20)13(19)10-12/h7-8,10-11,15H,6,9H2,1-5H3/t11-,15-/m1/s1. The molecule has 1 aromatic rings. The van der Waals surface area contributed by atoms with Crippen molar-refractivity contribution >= 4 is 29.3 Å². The Morgan fingerprint density at radius 3 is 2.52 bits per heavy atom. The van der Waals surface area contributed by atoms with E-state index >= 15 is 0 Å². The molecule has 1 fully saturated rings. The van der Waals surface area contributed by atoms with E-state index in [4.69, 9.17) is 16.3 Å². The summed E-state index contributed by atoms with van der Waals surface area (Å²) in [5, 5.41) is -0.0547. The fourth-order valence-corrected chi connectivity index (χ4v) is 3.07. The van der Waals surface area contributed by atoms with Crippen LogP contribution in [0.3, 0.4) is 0 Å². The Hall–Kier alpha value is -1.82. The zero-order chi connectivity index (χ0) is 18.9. The smallest absolute Gasteiger partial charge is 0.411 e. The zero-order valence-electron chi connectivity index (χ0n) is 15.2. The van der Waals surface area contributed by atoms with E-state index < -0.39 is 23.6 Å². The fourth-order valence-electron chi connectivity index (χ4n) is 2.89. The second-order valence-corrected chi connectivity index (χ2v) is 7.73. The number of carbonyl (C=O) groups is 2. The predicted octanol–water partition coefficient (Wildman–Crippen LogP) is 4.23. The third-order valence-corrected chi connectivity index (χ3v) is 4.47. The van der Waals surface area contributed by atoms with Gasteiger partial charge in [0.05, 0.1) is 5.02 Å². The van der Waals surface area contributed by atoms with E-state index in [1.807, 2.05) is 6.92 Å². The van der Waals surface area contributed by atoms with Crippen LogP contribution in [0, 0.1) is 5.82 Å². The molecule has 0 unspecified atom stereocenters. The summed E-state index contributed by atoms with van der Waals surface area (Å²) >= 11 is 5.80. The number of halogens is 2. The number of ether oxygens (including phenoxy) is 1. The monoisotopic (exact) mass is 370 g/mol. The number of nitrogens with zero attached hydrogens (tertiary/aromatic N) is 2. The third kappa shape index (κ3) is 4.42. The van der Waals surface area contributed by atoms with E-state index in [0.717, 1.165) is 0 Å². The van der Waals surface area contributed by atoms with Crippen molar-refractivity contribution in [3.05, 3.63) is 29.0 Å². The van der Waals surface area contributed by atoms with Crippen LogP contribution >= 0.6 is 11.6 Å². The highest BCUT2D eigenvalue weighted by Crippen LogP contribution is 2.29. The van der Waals surface area contributed by atoms with Gasteiger partial charge in [-0.05, 0) is 58.7 Å². The molecule has 0 spiro atoms. The number of amides is 2. The van der Waals surface area contributed by atoms with E-state index in [1.54, 1.807) is 27.8 Å². The quantitative estimate of drug-likeness (QED) is 0.782. The molecule has 7 heteroatoms. The Balaban J connectivity index is 2.21. The summed E-state index contributed by atoms with van der Waals surface area (Å²) in [4.78, 5) is 28.3. The van der Waals surface area contributed by atoms with Gasteiger partial charge in [-0.15, -0.1) is 0 Å². The van der Waals surface area contributed by atoms with Gasteiger partial charge in [-0.25, -0.2) is 9.18 Å². The molecule has 2 rings (SSSR count). The minimum Gasteiger partial charge on any atom is -0.444 e. The molecule has 25 heavy (non-hydrogen) atoms. The van der Waals surface area contributed by atoms with Gasteiger partial charge in [-0.2, -0.15) is 0 Å². The van der Waals surface area contributed by atoms with Gasteiger partial charge in [-0.1, -0.05) is 11.6 Å². The topological polar surface area (TPSA) is 49.9 Å². The second kappa shape index (κ2) is 7.20. The molecule has 1 aliphatic rings. The lowest BCUT2D eigenvalue weighted by Crippen LogP contribution is -2.50. The van der Waals surface area contributed by atoms with Crippen LogP contribution in [0.4, 0.5) is 14.9 Å². The summed E-state index contributed by atoms with van der Waals surface area (Å²) in [5.74, 6) is -0.797. The first-order valence-electron chi connectivity index (χ1n) is 8.25. The summed E-state index contributed by atoms with van der Waals surface area (Å²) in [6, 6.07) is 3.39. The van der Waals surface area contributed by atoms with Crippen molar-refractivity contribution in [3.8, 4) is 0 Å². The Labute approximate surface area is 152 Å². The highest BCUT2D eigenvalue weighted by Gasteiger charge is 2.42. The number of rotatable bonds is 2. The number of anilines is 1. The number of likely N-dealkylation sites (tertiary alicyclic amines) is 1.